The van der Waals surface area contributed by atoms with Crippen molar-refractivity contribution in [3.05, 3.63) is 47.5 Å². The molecule has 2 rings (SSSR count). The standard InChI is InChI=1S/C17H21N/c1-2-3-4-14-5-9-16(10-6-14)17-11-7-15(13-18)8-12-17/h2-3,7-8,11-12,14,16H,4-6,9-10H2,1H3. The number of nitrogens with zero attached hydrogens (tertiary/aromatic N) is 1. The summed E-state index contributed by atoms with van der Waals surface area (Å²) in [5.74, 6) is 1.59. The van der Waals surface area contributed by atoms with Crippen molar-refractivity contribution in [3.63, 3.8) is 0 Å². The Kier molecular flexibility index (Phi) is 4.59. The third-order valence-electron chi connectivity index (χ3n) is 4.06. The van der Waals surface area contributed by atoms with Gasteiger partial charge >= 0.3 is 0 Å². The van der Waals surface area contributed by atoms with Gasteiger partial charge in [-0.1, -0.05) is 24.3 Å². The van der Waals surface area contributed by atoms with Crippen molar-refractivity contribution in [3.8, 4) is 6.07 Å². The molecule has 0 heterocycles. The lowest BCUT2D eigenvalue weighted by molar-refractivity contribution is 0.328. The molecule has 1 heteroatoms. The van der Waals surface area contributed by atoms with Crippen molar-refractivity contribution in [2.24, 2.45) is 5.92 Å². The minimum Gasteiger partial charge on any atom is -0.192 e. The van der Waals surface area contributed by atoms with Crippen molar-refractivity contribution in [2.75, 3.05) is 0 Å². The molecule has 0 amide bonds. The summed E-state index contributed by atoms with van der Waals surface area (Å²) in [6, 6.07) is 10.3. The Bertz CT molecular complexity index is 428. The summed E-state index contributed by atoms with van der Waals surface area (Å²) >= 11 is 0. The smallest absolute Gasteiger partial charge is 0.0991 e. The van der Waals surface area contributed by atoms with E-state index >= 15 is 0 Å². The SMILES string of the molecule is CC=CCC1CCC(c2ccc(C#N)cc2)CC1. The largest absolute Gasteiger partial charge is 0.192 e. The molecule has 0 radical (unpaired) electrons. The van der Waals surface area contributed by atoms with Gasteiger partial charge in [0.2, 0.25) is 0 Å². The third kappa shape index (κ3) is 3.23. The molecule has 0 unspecified atom stereocenters. The van der Waals surface area contributed by atoms with Gasteiger partial charge in [-0.05, 0) is 68.6 Å². The first-order valence-corrected chi connectivity index (χ1v) is 6.94. The van der Waals surface area contributed by atoms with Crippen LogP contribution in [0, 0.1) is 17.2 Å². The van der Waals surface area contributed by atoms with Crippen molar-refractivity contribution < 1.29 is 0 Å². The van der Waals surface area contributed by atoms with E-state index < -0.39 is 0 Å². The van der Waals surface area contributed by atoms with Crippen molar-refractivity contribution in [2.45, 2.75) is 44.9 Å². The monoisotopic (exact) mass is 239 g/mol. The Balaban J connectivity index is 1.90. The molecule has 1 aromatic carbocycles. The molecule has 18 heavy (non-hydrogen) atoms. The van der Waals surface area contributed by atoms with Gasteiger partial charge in [0, 0.05) is 0 Å². The van der Waals surface area contributed by atoms with E-state index in [2.05, 4.69) is 37.3 Å². The van der Waals surface area contributed by atoms with Gasteiger partial charge in [0.05, 0.1) is 11.6 Å². The minimum atomic E-state index is 0.708. The van der Waals surface area contributed by atoms with Crippen molar-refractivity contribution in [1.29, 1.82) is 5.26 Å². The highest BCUT2D eigenvalue weighted by molar-refractivity contribution is 5.33. The van der Waals surface area contributed by atoms with Crippen LogP contribution in [-0.2, 0) is 0 Å². The summed E-state index contributed by atoms with van der Waals surface area (Å²) < 4.78 is 0. The zero-order valence-corrected chi connectivity index (χ0v) is 11.1. The van der Waals surface area contributed by atoms with Crippen LogP contribution >= 0.6 is 0 Å². The predicted octanol–water partition coefficient (Wildman–Crippen LogP) is 4.80. The molecule has 0 aromatic heterocycles. The lowest BCUT2D eigenvalue weighted by atomic mass is 9.77. The molecule has 1 fully saturated rings. The molecule has 0 saturated heterocycles. The van der Waals surface area contributed by atoms with Crippen LogP contribution in [0.5, 0.6) is 0 Å². The highest BCUT2D eigenvalue weighted by atomic mass is 14.3. The maximum Gasteiger partial charge on any atom is 0.0991 e. The number of allylic oxidation sites excluding steroid dienone is 2. The van der Waals surface area contributed by atoms with E-state index in [1.807, 2.05) is 12.1 Å². The van der Waals surface area contributed by atoms with Gasteiger partial charge in [0.15, 0.2) is 0 Å². The molecule has 0 bridgehead atoms. The van der Waals surface area contributed by atoms with E-state index in [0.29, 0.717) is 5.92 Å². The quantitative estimate of drug-likeness (QED) is 0.695. The first-order chi connectivity index (χ1) is 8.83. The number of hydrogen-bond donors (Lipinski definition) is 0. The summed E-state index contributed by atoms with van der Waals surface area (Å²) in [6.07, 6.45) is 11.0. The number of nitriles is 1. The van der Waals surface area contributed by atoms with Gasteiger partial charge in [-0.25, -0.2) is 0 Å². The summed E-state index contributed by atoms with van der Waals surface area (Å²) in [5, 5.41) is 8.80. The van der Waals surface area contributed by atoms with Gasteiger partial charge in [-0.3, -0.25) is 0 Å². The average Bonchev–Trinajstić information content (AvgIpc) is 2.46. The Morgan fingerprint density at radius 3 is 2.39 bits per heavy atom. The fourth-order valence-corrected chi connectivity index (χ4v) is 2.89. The van der Waals surface area contributed by atoms with E-state index in [9.17, 15) is 0 Å². The maximum atomic E-state index is 8.80. The zero-order valence-electron chi connectivity index (χ0n) is 11.1. The molecule has 0 aliphatic heterocycles. The number of rotatable bonds is 3. The van der Waals surface area contributed by atoms with E-state index in [4.69, 9.17) is 5.26 Å². The van der Waals surface area contributed by atoms with Crippen LogP contribution in [0.2, 0.25) is 0 Å². The topological polar surface area (TPSA) is 23.8 Å². The van der Waals surface area contributed by atoms with Gasteiger partial charge in [-0.15, -0.1) is 0 Å². The molecule has 1 nitrogen and oxygen atoms in total. The fourth-order valence-electron chi connectivity index (χ4n) is 2.89. The molecule has 0 N–H and O–H groups in total. The van der Waals surface area contributed by atoms with Gasteiger partial charge < -0.3 is 0 Å². The second-order valence-electron chi connectivity index (χ2n) is 5.26. The summed E-state index contributed by atoms with van der Waals surface area (Å²) in [7, 11) is 0. The molecule has 1 aliphatic rings. The second kappa shape index (κ2) is 6.40. The summed E-state index contributed by atoms with van der Waals surface area (Å²) in [4.78, 5) is 0. The van der Waals surface area contributed by atoms with Crippen LogP contribution in [0.1, 0.15) is 56.1 Å². The first kappa shape index (κ1) is 12.9. The normalized spacial score (nSPS) is 24.0. The third-order valence-corrected chi connectivity index (χ3v) is 4.06. The Hall–Kier alpha value is -1.55. The van der Waals surface area contributed by atoms with Crippen LogP contribution in [0.3, 0.4) is 0 Å². The number of hydrogen-bond acceptors (Lipinski definition) is 1. The van der Waals surface area contributed by atoms with Crippen molar-refractivity contribution in [1.82, 2.24) is 0 Å². The van der Waals surface area contributed by atoms with Crippen LogP contribution in [0.15, 0.2) is 36.4 Å². The Morgan fingerprint density at radius 1 is 1.17 bits per heavy atom. The summed E-state index contributed by atoms with van der Waals surface area (Å²) in [5.41, 5.74) is 2.18. The molecule has 0 spiro atoms. The molecule has 0 atom stereocenters. The lowest BCUT2D eigenvalue weighted by Gasteiger charge is -2.28. The zero-order chi connectivity index (χ0) is 12.8. The van der Waals surface area contributed by atoms with Crippen LogP contribution in [-0.4, -0.2) is 0 Å². The van der Waals surface area contributed by atoms with Gasteiger partial charge in [0.1, 0.15) is 0 Å². The van der Waals surface area contributed by atoms with E-state index in [1.165, 1.54) is 37.7 Å². The van der Waals surface area contributed by atoms with Gasteiger partial charge in [0.25, 0.3) is 0 Å². The molecule has 94 valence electrons. The summed E-state index contributed by atoms with van der Waals surface area (Å²) in [6.45, 7) is 2.10. The molecule has 1 aliphatic carbocycles. The minimum absolute atomic E-state index is 0.708. The number of benzene rings is 1. The predicted molar refractivity (Wildman–Crippen MR) is 75.3 cm³/mol. The Morgan fingerprint density at radius 2 is 1.83 bits per heavy atom. The lowest BCUT2D eigenvalue weighted by Crippen LogP contribution is -2.12. The molecular formula is C17H21N. The second-order valence-corrected chi connectivity index (χ2v) is 5.26. The fraction of sp³-hybridized carbons (Fsp3) is 0.471. The molecule has 1 aromatic rings. The molecular weight excluding hydrogens is 218 g/mol. The van der Waals surface area contributed by atoms with E-state index in [0.717, 1.165) is 11.5 Å². The molecule has 1 saturated carbocycles. The van der Waals surface area contributed by atoms with Crippen LogP contribution < -0.4 is 0 Å². The van der Waals surface area contributed by atoms with Crippen molar-refractivity contribution >= 4 is 0 Å². The van der Waals surface area contributed by atoms with Crippen LogP contribution in [0.25, 0.3) is 0 Å². The highest BCUT2D eigenvalue weighted by Crippen LogP contribution is 2.37. The maximum absolute atomic E-state index is 8.80. The van der Waals surface area contributed by atoms with Gasteiger partial charge in [-0.2, -0.15) is 5.26 Å². The van der Waals surface area contributed by atoms with Crippen LogP contribution in [0.4, 0.5) is 0 Å². The van der Waals surface area contributed by atoms with E-state index in [-0.39, 0.29) is 0 Å². The first-order valence-electron chi connectivity index (χ1n) is 6.94. The van der Waals surface area contributed by atoms with E-state index in [1.54, 1.807) is 0 Å². The average molecular weight is 239 g/mol. The highest BCUT2D eigenvalue weighted by Gasteiger charge is 2.21. The Labute approximate surface area is 110 Å².